The lowest BCUT2D eigenvalue weighted by atomic mass is 10.1. The average molecular weight is 229 g/mol. The predicted octanol–water partition coefficient (Wildman–Crippen LogP) is 2.55. The first-order valence-electron chi connectivity index (χ1n) is 4.99. The SMILES string of the molecule is CC[C@H](O)c1cc2c(cc1Cl)OCCO2. The molecule has 0 radical (unpaired) electrons. The van der Waals surface area contributed by atoms with Crippen molar-refractivity contribution in [2.45, 2.75) is 19.4 Å². The van der Waals surface area contributed by atoms with Gasteiger partial charge in [0.15, 0.2) is 11.5 Å². The van der Waals surface area contributed by atoms with Crippen LogP contribution in [0.25, 0.3) is 0 Å². The fourth-order valence-electron chi connectivity index (χ4n) is 1.55. The van der Waals surface area contributed by atoms with Crippen LogP contribution < -0.4 is 9.47 Å². The monoisotopic (exact) mass is 228 g/mol. The number of rotatable bonds is 2. The largest absolute Gasteiger partial charge is 0.486 e. The average Bonchev–Trinajstić information content (AvgIpc) is 2.27. The topological polar surface area (TPSA) is 38.7 Å². The molecule has 1 aromatic rings. The van der Waals surface area contributed by atoms with E-state index in [2.05, 4.69) is 0 Å². The third-order valence-electron chi connectivity index (χ3n) is 2.41. The van der Waals surface area contributed by atoms with E-state index in [4.69, 9.17) is 21.1 Å². The molecular formula is C11H13ClO3. The van der Waals surface area contributed by atoms with Gasteiger partial charge in [0.05, 0.1) is 11.1 Å². The van der Waals surface area contributed by atoms with E-state index >= 15 is 0 Å². The van der Waals surface area contributed by atoms with Crippen molar-refractivity contribution in [2.75, 3.05) is 13.2 Å². The van der Waals surface area contributed by atoms with E-state index in [-0.39, 0.29) is 0 Å². The smallest absolute Gasteiger partial charge is 0.162 e. The maximum atomic E-state index is 9.73. The van der Waals surface area contributed by atoms with Crippen molar-refractivity contribution in [3.8, 4) is 11.5 Å². The zero-order valence-corrected chi connectivity index (χ0v) is 9.25. The van der Waals surface area contributed by atoms with E-state index in [1.54, 1.807) is 12.1 Å². The Kier molecular flexibility index (Phi) is 3.03. The second kappa shape index (κ2) is 4.29. The molecule has 2 rings (SSSR count). The summed E-state index contributed by atoms with van der Waals surface area (Å²) in [7, 11) is 0. The number of fused-ring (bicyclic) bond motifs is 1. The molecule has 0 amide bonds. The molecule has 1 aromatic carbocycles. The first-order chi connectivity index (χ1) is 7.22. The lowest BCUT2D eigenvalue weighted by Crippen LogP contribution is -2.15. The van der Waals surface area contributed by atoms with Crippen molar-refractivity contribution in [1.29, 1.82) is 0 Å². The van der Waals surface area contributed by atoms with Crippen molar-refractivity contribution < 1.29 is 14.6 Å². The third-order valence-corrected chi connectivity index (χ3v) is 2.73. The van der Waals surface area contributed by atoms with Gasteiger partial charge in [-0.15, -0.1) is 0 Å². The summed E-state index contributed by atoms with van der Waals surface area (Å²) in [6.45, 7) is 2.98. The Labute approximate surface area is 93.6 Å². The standard InChI is InChI=1S/C11H13ClO3/c1-2-9(13)7-5-10-11(6-8(7)12)15-4-3-14-10/h5-6,9,13H,2-4H2,1H3/t9-/m0/s1. The van der Waals surface area contributed by atoms with Crippen LogP contribution in [0.1, 0.15) is 25.0 Å². The first-order valence-corrected chi connectivity index (χ1v) is 5.37. The van der Waals surface area contributed by atoms with Gasteiger partial charge < -0.3 is 14.6 Å². The molecule has 0 saturated heterocycles. The van der Waals surface area contributed by atoms with Crippen LogP contribution in [0.3, 0.4) is 0 Å². The molecule has 15 heavy (non-hydrogen) atoms. The summed E-state index contributed by atoms with van der Waals surface area (Å²) in [5, 5.41) is 10.3. The van der Waals surface area contributed by atoms with E-state index in [0.717, 1.165) is 0 Å². The normalized spacial score (nSPS) is 16.2. The second-order valence-corrected chi connectivity index (χ2v) is 3.85. The number of aliphatic hydroxyl groups is 1. The van der Waals surface area contributed by atoms with Crippen LogP contribution in [0.5, 0.6) is 11.5 Å². The minimum Gasteiger partial charge on any atom is -0.486 e. The molecule has 1 N–H and O–H groups in total. The summed E-state index contributed by atoms with van der Waals surface area (Å²) in [6, 6.07) is 3.45. The molecule has 0 saturated carbocycles. The molecule has 0 bridgehead atoms. The summed E-state index contributed by atoms with van der Waals surface area (Å²) in [4.78, 5) is 0. The molecule has 0 spiro atoms. The third kappa shape index (κ3) is 2.03. The number of benzene rings is 1. The van der Waals surface area contributed by atoms with Crippen molar-refractivity contribution in [1.82, 2.24) is 0 Å². The molecule has 1 aliphatic heterocycles. The molecule has 1 heterocycles. The van der Waals surface area contributed by atoms with Gasteiger partial charge in [0, 0.05) is 11.6 Å². The highest BCUT2D eigenvalue weighted by molar-refractivity contribution is 6.31. The van der Waals surface area contributed by atoms with Crippen LogP contribution in [-0.2, 0) is 0 Å². The zero-order chi connectivity index (χ0) is 10.8. The Hall–Kier alpha value is -0.930. The number of hydrogen-bond donors (Lipinski definition) is 1. The van der Waals surface area contributed by atoms with Gasteiger partial charge in [-0.1, -0.05) is 18.5 Å². The van der Waals surface area contributed by atoms with E-state index in [0.29, 0.717) is 41.7 Å². The fraction of sp³-hybridized carbons (Fsp3) is 0.455. The van der Waals surface area contributed by atoms with Crippen LogP contribution in [0.15, 0.2) is 12.1 Å². The lowest BCUT2D eigenvalue weighted by Gasteiger charge is -2.21. The Bertz CT molecular complexity index is 365. The molecule has 1 atom stereocenters. The second-order valence-electron chi connectivity index (χ2n) is 3.44. The number of halogens is 1. The molecule has 4 heteroatoms. The molecule has 3 nitrogen and oxygen atoms in total. The number of aliphatic hydroxyl groups excluding tert-OH is 1. The highest BCUT2D eigenvalue weighted by Crippen LogP contribution is 2.38. The van der Waals surface area contributed by atoms with Gasteiger partial charge in [-0.3, -0.25) is 0 Å². The number of hydrogen-bond acceptors (Lipinski definition) is 3. The summed E-state index contributed by atoms with van der Waals surface area (Å²) >= 11 is 6.04. The molecule has 0 unspecified atom stereocenters. The minimum absolute atomic E-state index is 0.522. The lowest BCUT2D eigenvalue weighted by molar-refractivity contribution is 0.162. The van der Waals surface area contributed by atoms with E-state index in [1.807, 2.05) is 6.92 Å². The van der Waals surface area contributed by atoms with Crippen LogP contribution >= 0.6 is 11.6 Å². The first kappa shape index (κ1) is 10.6. The number of ether oxygens (including phenoxy) is 2. The minimum atomic E-state index is -0.548. The highest BCUT2D eigenvalue weighted by atomic mass is 35.5. The maximum Gasteiger partial charge on any atom is 0.162 e. The Morgan fingerprint density at radius 3 is 2.53 bits per heavy atom. The summed E-state index contributed by atoms with van der Waals surface area (Å²) in [6.07, 6.45) is 0.0765. The van der Waals surface area contributed by atoms with Gasteiger partial charge in [0.1, 0.15) is 13.2 Å². The van der Waals surface area contributed by atoms with E-state index in [1.165, 1.54) is 0 Å². The molecule has 1 aliphatic rings. The summed E-state index contributed by atoms with van der Waals surface area (Å²) in [5.41, 5.74) is 0.698. The molecule has 0 aromatic heterocycles. The van der Waals surface area contributed by atoms with Crippen LogP contribution in [0, 0.1) is 0 Å². The fourth-order valence-corrected chi connectivity index (χ4v) is 1.83. The van der Waals surface area contributed by atoms with Crippen molar-refractivity contribution >= 4 is 11.6 Å². The van der Waals surface area contributed by atoms with Gasteiger partial charge in [-0.2, -0.15) is 0 Å². The van der Waals surface area contributed by atoms with Gasteiger partial charge in [-0.25, -0.2) is 0 Å². The van der Waals surface area contributed by atoms with E-state index in [9.17, 15) is 5.11 Å². The van der Waals surface area contributed by atoms with Crippen LogP contribution in [0.4, 0.5) is 0 Å². The quantitative estimate of drug-likeness (QED) is 0.846. The van der Waals surface area contributed by atoms with E-state index < -0.39 is 6.10 Å². The summed E-state index contributed by atoms with van der Waals surface area (Å²) < 4.78 is 10.8. The van der Waals surface area contributed by atoms with Crippen LogP contribution in [0.2, 0.25) is 5.02 Å². The van der Waals surface area contributed by atoms with Gasteiger partial charge in [0.25, 0.3) is 0 Å². The molecular weight excluding hydrogens is 216 g/mol. The Morgan fingerprint density at radius 2 is 1.93 bits per heavy atom. The van der Waals surface area contributed by atoms with Gasteiger partial charge in [0.2, 0.25) is 0 Å². The highest BCUT2D eigenvalue weighted by Gasteiger charge is 2.18. The van der Waals surface area contributed by atoms with Crippen molar-refractivity contribution in [3.05, 3.63) is 22.7 Å². The van der Waals surface area contributed by atoms with Gasteiger partial charge in [-0.05, 0) is 12.5 Å². The molecule has 0 aliphatic carbocycles. The summed E-state index contributed by atoms with van der Waals surface area (Å²) in [5.74, 6) is 1.31. The molecule has 82 valence electrons. The predicted molar refractivity (Wildman–Crippen MR) is 57.7 cm³/mol. The Morgan fingerprint density at radius 1 is 1.33 bits per heavy atom. The van der Waals surface area contributed by atoms with Gasteiger partial charge >= 0.3 is 0 Å². The Balaban J connectivity index is 2.40. The van der Waals surface area contributed by atoms with Crippen molar-refractivity contribution in [2.24, 2.45) is 0 Å². The van der Waals surface area contributed by atoms with Crippen LogP contribution in [-0.4, -0.2) is 18.3 Å². The molecule has 0 fully saturated rings. The van der Waals surface area contributed by atoms with Crippen molar-refractivity contribution in [3.63, 3.8) is 0 Å². The zero-order valence-electron chi connectivity index (χ0n) is 8.50. The maximum absolute atomic E-state index is 9.73.